The molecular formula is C16H16Cl2N2O. The molecule has 0 aromatic heterocycles. The summed E-state index contributed by atoms with van der Waals surface area (Å²) in [7, 11) is 1.75. The average Bonchev–Trinajstić information content (AvgIpc) is 2.46. The van der Waals surface area contributed by atoms with Crippen molar-refractivity contribution < 1.29 is 4.79 Å². The Labute approximate surface area is 134 Å². The summed E-state index contributed by atoms with van der Waals surface area (Å²) in [6, 6.07) is 12.2. The Bertz CT molecular complexity index is 656. The number of halogens is 2. The van der Waals surface area contributed by atoms with E-state index in [1.54, 1.807) is 30.1 Å². The summed E-state index contributed by atoms with van der Waals surface area (Å²) < 4.78 is 0. The van der Waals surface area contributed by atoms with Gasteiger partial charge in [0.05, 0.1) is 11.6 Å². The van der Waals surface area contributed by atoms with Crippen molar-refractivity contribution in [3.05, 3.63) is 63.6 Å². The molecule has 0 saturated heterocycles. The average molecular weight is 323 g/mol. The van der Waals surface area contributed by atoms with Crippen molar-refractivity contribution in [3.8, 4) is 0 Å². The van der Waals surface area contributed by atoms with Crippen LogP contribution in [0.3, 0.4) is 0 Å². The van der Waals surface area contributed by atoms with Crippen molar-refractivity contribution >= 4 is 34.8 Å². The van der Waals surface area contributed by atoms with Crippen LogP contribution in [0.2, 0.25) is 10.0 Å². The molecular weight excluding hydrogens is 307 g/mol. The van der Waals surface area contributed by atoms with Crippen molar-refractivity contribution in [3.63, 3.8) is 0 Å². The van der Waals surface area contributed by atoms with Crippen LogP contribution in [0.4, 0.5) is 5.69 Å². The minimum atomic E-state index is -0.147. The first-order valence-electron chi connectivity index (χ1n) is 6.48. The molecule has 3 nitrogen and oxygen atoms in total. The summed E-state index contributed by atoms with van der Waals surface area (Å²) in [5, 5.41) is 1.18. The van der Waals surface area contributed by atoms with Crippen LogP contribution in [0, 0.1) is 0 Å². The van der Waals surface area contributed by atoms with Crippen molar-refractivity contribution in [1.29, 1.82) is 0 Å². The number of anilines is 1. The molecule has 2 aromatic rings. The van der Waals surface area contributed by atoms with Gasteiger partial charge in [0.15, 0.2) is 0 Å². The molecule has 110 valence electrons. The topological polar surface area (TPSA) is 46.3 Å². The molecule has 0 radical (unpaired) electrons. The van der Waals surface area contributed by atoms with Crippen LogP contribution < -0.4 is 5.73 Å². The third-order valence-corrected chi connectivity index (χ3v) is 3.98. The van der Waals surface area contributed by atoms with Crippen LogP contribution in [0.15, 0.2) is 42.5 Å². The second-order valence-corrected chi connectivity index (χ2v) is 5.75. The Morgan fingerprint density at radius 2 is 1.67 bits per heavy atom. The highest BCUT2D eigenvalue weighted by Crippen LogP contribution is 2.25. The standard InChI is InChI=1S/C16H16Cl2N2O/c1-10(11-3-5-12(17)6-4-11)20(2)16(21)14-8-7-13(18)9-15(14)19/h3-10H,19H2,1-2H3. The lowest BCUT2D eigenvalue weighted by atomic mass is 10.1. The highest BCUT2D eigenvalue weighted by Gasteiger charge is 2.20. The van der Waals surface area contributed by atoms with Gasteiger partial charge in [-0.05, 0) is 42.8 Å². The Hall–Kier alpha value is -1.71. The Balaban J connectivity index is 2.24. The lowest BCUT2D eigenvalue weighted by molar-refractivity contribution is 0.0743. The number of carbonyl (C=O) groups excluding carboxylic acids is 1. The molecule has 0 aliphatic rings. The second-order valence-electron chi connectivity index (χ2n) is 4.88. The Morgan fingerprint density at radius 3 is 2.24 bits per heavy atom. The zero-order chi connectivity index (χ0) is 15.6. The zero-order valence-corrected chi connectivity index (χ0v) is 13.3. The second kappa shape index (κ2) is 6.37. The molecule has 2 aromatic carbocycles. The lowest BCUT2D eigenvalue weighted by Gasteiger charge is -2.26. The molecule has 0 spiro atoms. The number of nitrogen functional groups attached to an aromatic ring is 1. The van der Waals surface area contributed by atoms with Gasteiger partial charge >= 0.3 is 0 Å². The molecule has 2 N–H and O–H groups in total. The summed E-state index contributed by atoms with van der Waals surface area (Å²) in [5.41, 5.74) is 7.70. The first kappa shape index (κ1) is 15.7. The van der Waals surface area contributed by atoms with E-state index in [9.17, 15) is 4.79 Å². The van der Waals surface area contributed by atoms with E-state index >= 15 is 0 Å². The zero-order valence-electron chi connectivity index (χ0n) is 11.8. The Morgan fingerprint density at radius 1 is 1.10 bits per heavy atom. The molecule has 21 heavy (non-hydrogen) atoms. The fourth-order valence-corrected chi connectivity index (χ4v) is 2.37. The number of amides is 1. The molecule has 0 aliphatic heterocycles. The number of hydrogen-bond donors (Lipinski definition) is 1. The molecule has 1 amide bonds. The number of rotatable bonds is 3. The molecule has 5 heteroatoms. The van der Waals surface area contributed by atoms with E-state index in [1.165, 1.54) is 0 Å². The third kappa shape index (κ3) is 3.49. The number of carbonyl (C=O) groups is 1. The molecule has 0 aliphatic carbocycles. The normalized spacial score (nSPS) is 12.0. The summed E-state index contributed by atoms with van der Waals surface area (Å²) in [4.78, 5) is 14.2. The van der Waals surface area contributed by atoms with Gasteiger partial charge in [0.1, 0.15) is 0 Å². The van der Waals surface area contributed by atoms with Gasteiger partial charge in [-0.25, -0.2) is 0 Å². The van der Waals surface area contributed by atoms with E-state index in [2.05, 4.69) is 0 Å². The monoisotopic (exact) mass is 322 g/mol. The van der Waals surface area contributed by atoms with Gasteiger partial charge in [0, 0.05) is 22.8 Å². The summed E-state index contributed by atoms with van der Waals surface area (Å²) >= 11 is 11.7. The number of nitrogens with zero attached hydrogens (tertiary/aromatic N) is 1. The van der Waals surface area contributed by atoms with Crippen molar-refractivity contribution in [2.75, 3.05) is 12.8 Å². The van der Waals surface area contributed by atoms with Crippen LogP contribution >= 0.6 is 23.2 Å². The Kier molecular flexibility index (Phi) is 4.76. The van der Waals surface area contributed by atoms with Crippen LogP contribution in [0.1, 0.15) is 28.9 Å². The third-order valence-electron chi connectivity index (χ3n) is 3.50. The fourth-order valence-electron chi connectivity index (χ4n) is 2.06. The van der Waals surface area contributed by atoms with Gasteiger partial charge in [-0.3, -0.25) is 4.79 Å². The van der Waals surface area contributed by atoms with Crippen LogP contribution in [0.25, 0.3) is 0 Å². The summed E-state index contributed by atoms with van der Waals surface area (Å²) in [6.45, 7) is 1.95. The number of hydrogen-bond acceptors (Lipinski definition) is 2. The first-order valence-corrected chi connectivity index (χ1v) is 7.23. The van der Waals surface area contributed by atoms with E-state index < -0.39 is 0 Å². The van der Waals surface area contributed by atoms with E-state index in [-0.39, 0.29) is 11.9 Å². The largest absolute Gasteiger partial charge is 0.398 e. The van der Waals surface area contributed by atoms with Crippen LogP contribution in [-0.4, -0.2) is 17.9 Å². The van der Waals surface area contributed by atoms with Gasteiger partial charge in [0.2, 0.25) is 0 Å². The molecule has 1 atom stereocenters. The summed E-state index contributed by atoms with van der Waals surface area (Å²) in [5.74, 6) is -0.147. The molecule has 0 fully saturated rings. The van der Waals surface area contributed by atoms with Gasteiger partial charge < -0.3 is 10.6 Å². The van der Waals surface area contributed by atoms with Gasteiger partial charge in [-0.2, -0.15) is 0 Å². The predicted octanol–water partition coefficient (Wildman–Crippen LogP) is 4.41. The number of nitrogens with two attached hydrogens (primary N) is 1. The van der Waals surface area contributed by atoms with Crippen LogP contribution in [-0.2, 0) is 0 Å². The molecule has 0 heterocycles. The smallest absolute Gasteiger partial charge is 0.256 e. The van der Waals surface area contributed by atoms with Crippen molar-refractivity contribution in [2.24, 2.45) is 0 Å². The molecule has 0 bridgehead atoms. The predicted molar refractivity (Wildman–Crippen MR) is 87.8 cm³/mol. The highest BCUT2D eigenvalue weighted by atomic mass is 35.5. The molecule has 1 unspecified atom stereocenters. The fraction of sp³-hybridized carbons (Fsp3) is 0.188. The van der Waals surface area contributed by atoms with E-state index in [1.807, 2.05) is 31.2 Å². The molecule has 0 saturated carbocycles. The van der Waals surface area contributed by atoms with Gasteiger partial charge in [-0.15, -0.1) is 0 Å². The van der Waals surface area contributed by atoms with E-state index in [0.29, 0.717) is 21.3 Å². The maximum Gasteiger partial charge on any atom is 0.256 e. The lowest BCUT2D eigenvalue weighted by Crippen LogP contribution is -2.30. The maximum absolute atomic E-state index is 12.5. The van der Waals surface area contributed by atoms with E-state index in [0.717, 1.165) is 5.56 Å². The quantitative estimate of drug-likeness (QED) is 0.851. The SMILES string of the molecule is CC(c1ccc(Cl)cc1)N(C)C(=O)c1ccc(Cl)cc1N. The maximum atomic E-state index is 12.5. The van der Waals surface area contributed by atoms with Crippen molar-refractivity contribution in [2.45, 2.75) is 13.0 Å². The highest BCUT2D eigenvalue weighted by molar-refractivity contribution is 6.31. The summed E-state index contributed by atoms with van der Waals surface area (Å²) in [6.07, 6.45) is 0. The van der Waals surface area contributed by atoms with Crippen LogP contribution in [0.5, 0.6) is 0 Å². The first-order chi connectivity index (χ1) is 9.90. The van der Waals surface area contributed by atoms with Gasteiger partial charge in [-0.1, -0.05) is 35.3 Å². The molecule has 2 rings (SSSR count). The minimum Gasteiger partial charge on any atom is -0.398 e. The van der Waals surface area contributed by atoms with Gasteiger partial charge in [0.25, 0.3) is 5.91 Å². The van der Waals surface area contributed by atoms with E-state index in [4.69, 9.17) is 28.9 Å². The number of benzene rings is 2. The van der Waals surface area contributed by atoms with Crippen molar-refractivity contribution in [1.82, 2.24) is 4.90 Å². The minimum absolute atomic E-state index is 0.0927.